The number of nitrogens with zero attached hydrogens (tertiary/aromatic N) is 4. The first-order valence-electron chi connectivity index (χ1n) is 10.1. The minimum absolute atomic E-state index is 0.108. The van der Waals surface area contributed by atoms with E-state index in [2.05, 4.69) is 0 Å². The summed E-state index contributed by atoms with van der Waals surface area (Å²) in [6, 6.07) is -0.157. The Morgan fingerprint density at radius 3 is 2.28 bits per heavy atom. The van der Waals surface area contributed by atoms with Crippen LogP contribution in [0.25, 0.3) is 10.2 Å². The highest BCUT2D eigenvalue weighted by molar-refractivity contribution is 7.18. The summed E-state index contributed by atoms with van der Waals surface area (Å²) in [5.41, 5.74) is -1.68. The fraction of sp³-hybridized carbons (Fsp3) is 0.650. The van der Waals surface area contributed by atoms with Crippen LogP contribution in [0, 0.1) is 6.92 Å². The first-order chi connectivity index (χ1) is 14.8. The van der Waals surface area contributed by atoms with Crippen LogP contribution in [0.3, 0.4) is 0 Å². The number of aryl methyl sites for hydroxylation is 2. The highest BCUT2D eigenvalue weighted by Crippen LogP contribution is 2.31. The number of urea groups is 1. The van der Waals surface area contributed by atoms with Gasteiger partial charge in [0.2, 0.25) is 0 Å². The Hall–Kier alpha value is -2.34. The van der Waals surface area contributed by atoms with E-state index in [9.17, 15) is 27.6 Å². The van der Waals surface area contributed by atoms with Crippen molar-refractivity contribution in [2.75, 3.05) is 27.2 Å². The van der Waals surface area contributed by atoms with Crippen molar-refractivity contribution in [3.05, 3.63) is 31.3 Å². The van der Waals surface area contributed by atoms with Gasteiger partial charge in [-0.2, -0.15) is 13.2 Å². The summed E-state index contributed by atoms with van der Waals surface area (Å²) >= 11 is 1.09. The number of amides is 2. The van der Waals surface area contributed by atoms with E-state index >= 15 is 0 Å². The van der Waals surface area contributed by atoms with Crippen LogP contribution < -0.4 is 11.2 Å². The number of methoxy groups -OCH3 is 1. The molecule has 2 aromatic heterocycles. The van der Waals surface area contributed by atoms with Crippen LogP contribution >= 0.6 is 11.3 Å². The van der Waals surface area contributed by atoms with E-state index < -0.39 is 36.0 Å². The summed E-state index contributed by atoms with van der Waals surface area (Å²) in [6.45, 7) is 5.67. The average Bonchev–Trinajstić information content (AvgIpc) is 3.18. The van der Waals surface area contributed by atoms with Crippen molar-refractivity contribution < 1.29 is 22.7 Å². The maximum Gasteiger partial charge on any atom is 0.390 e. The number of hydrogen-bond donors (Lipinski definition) is 0. The van der Waals surface area contributed by atoms with Crippen LogP contribution in [-0.4, -0.2) is 64.0 Å². The van der Waals surface area contributed by atoms with Crippen LogP contribution in [0.2, 0.25) is 0 Å². The molecule has 0 radical (unpaired) electrons. The van der Waals surface area contributed by atoms with Gasteiger partial charge in [-0.05, 0) is 26.3 Å². The zero-order valence-electron chi connectivity index (χ0n) is 18.7. The van der Waals surface area contributed by atoms with Crippen molar-refractivity contribution in [1.29, 1.82) is 0 Å². The van der Waals surface area contributed by atoms with Gasteiger partial charge in [-0.25, -0.2) is 9.59 Å². The van der Waals surface area contributed by atoms with E-state index in [1.54, 1.807) is 37.6 Å². The maximum atomic E-state index is 13.3. The summed E-state index contributed by atoms with van der Waals surface area (Å²) in [5, 5.41) is 0.207. The molecular formula is C20H27F3N4O4S. The molecule has 0 aromatic carbocycles. The number of carbonyl (C=O) groups is 1. The number of carbonyl (C=O) groups excluding carboxylic acids is 1. The van der Waals surface area contributed by atoms with Crippen LogP contribution in [-0.2, 0) is 24.4 Å². The zero-order chi connectivity index (χ0) is 24.0. The average molecular weight is 477 g/mol. The van der Waals surface area contributed by atoms with Crippen LogP contribution in [0.15, 0.2) is 9.59 Å². The lowest BCUT2D eigenvalue weighted by molar-refractivity contribution is -0.136. The van der Waals surface area contributed by atoms with Gasteiger partial charge in [0, 0.05) is 38.7 Å². The topological polar surface area (TPSA) is 76.8 Å². The van der Waals surface area contributed by atoms with E-state index in [0.717, 1.165) is 20.5 Å². The molecule has 32 heavy (non-hydrogen) atoms. The van der Waals surface area contributed by atoms with Gasteiger partial charge in [0.1, 0.15) is 4.83 Å². The van der Waals surface area contributed by atoms with Crippen molar-refractivity contribution >= 4 is 27.6 Å². The summed E-state index contributed by atoms with van der Waals surface area (Å²) in [5.74, 6) is 0. The lowest BCUT2D eigenvalue weighted by atomic mass is 10.1. The molecule has 12 heteroatoms. The number of likely N-dealkylation sites (N-methyl/N-ethyl adjacent to an activating group) is 1. The quantitative estimate of drug-likeness (QED) is 0.616. The molecule has 0 N–H and O–H groups in total. The normalized spacial score (nSPS) is 15.4. The van der Waals surface area contributed by atoms with Crippen molar-refractivity contribution in [2.45, 2.75) is 58.6 Å². The van der Waals surface area contributed by atoms with Gasteiger partial charge in [-0.15, -0.1) is 11.3 Å². The second-order valence-corrected chi connectivity index (χ2v) is 9.69. The number of rotatable bonds is 7. The van der Waals surface area contributed by atoms with E-state index in [0.29, 0.717) is 23.5 Å². The molecule has 1 aliphatic heterocycles. The Kier molecular flexibility index (Phi) is 6.49. The highest BCUT2D eigenvalue weighted by atomic mass is 32.1. The number of ether oxygens (including phenoxy) is 1. The first kappa shape index (κ1) is 24.3. The van der Waals surface area contributed by atoms with Gasteiger partial charge in [0.25, 0.3) is 5.56 Å². The molecule has 1 aliphatic rings. The van der Waals surface area contributed by atoms with Crippen molar-refractivity contribution in [3.63, 3.8) is 0 Å². The van der Waals surface area contributed by atoms with Crippen molar-refractivity contribution in [3.8, 4) is 0 Å². The van der Waals surface area contributed by atoms with Crippen LogP contribution in [0.4, 0.5) is 18.0 Å². The van der Waals surface area contributed by atoms with Crippen molar-refractivity contribution in [2.24, 2.45) is 0 Å². The molecule has 1 fully saturated rings. The van der Waals surface area contributed by atoms with Gasteiger partial charge in [-0.1, -0.05) is 0 Å². The molecule has 0 atom stereocenters. The van der Waals surface area contributed by atoms with E-state index in [-0.39, 0.29) is 29.3 Å². The molecule has 8 nitrogen and oxygen atoms in total. The second-order valence-electron chi connectivity index (χ2n) is 8.61. The third kappa shape index (κ3) is 4.70. The lowest BCUT2D eigenvalue weighted by Crippen LogP contribution is -2.45. The molecule has 0 spiro atoms. The number of halogens is 3. The monoisotopic (exact) mass is 476 g/mol. The molecular weight excluding hydrogens is 449 g/mol. The Morgan fingerprint density at radius 2 is 1.75 bits per heavy atom. The van der Waals surface area contributed by atoms with Crippen LogP contribution in [0.1, 0.15) is 30.7 Å². The predicted molar refractivity (Wildman–Crippen MR) is 115 cm³/mol. The Morgan fingerprint density at radius 1 is 1.09 bits per heavy atom. The Labute approximate surface area is 186 Å². The fourth-order valence-corrected chi connectivity index (χ4v) is 4.97. The minimum Gasteiger partial charge on any atom is -0.377 e. The predicted octanol–water partition coefficient (Wildman–Crippen LogP) is 2.78. The first-order valence-corrected chi connectivity index (χ1v) is 10.9. The number of alkyl halides is 3. The number of fused-ring (bicyclic) bond motifs is 1. The summed E-state index contributed by atoms with van der Waals surface area (Å²) in [6.07, 6.45) is -5.66. The third-order valence-corrected chi connectivity index (χ3v) is 7.04. The Bertz CT molecular complexity index is 1150. The summed E-state index contributed by atoms with van der Waals surface area (Å²) in [7, 11) is 3.12. The largest absolute Gasteiger partial charge is 0.390 e. The van der Waals surface area contributed by atoms with Crippen molar-refractivity contribution in [1.82, 2.24) is 18.9 Å². The molecule has 178 valence electrons. The molecule has 0 bridgehead atoms. The van der Waals surface area contributed by atoms with E-state index in [1.165, 1.54) is 7.11 Å². The smallest absolute Gasteiger partial charge is 0.377 e. The molecule has 0 saturated carbocycles. The zero-order valence-corrected chi connectivity index (χ0v) is 19.5. The molecule has 3 heterocycles. The highest BCUT2D eigenvalue weighted by Gasteiger charge is 2.31. The van der Waals surface area contributed by atoms with Gasteiger partial charge >= 0.3 is 17.9 Å². The van der Waals surface area contributed by atoms with Gasteiger partial charge < -0.3 is 14.5 Å². The van der Waals surface area contributed by atoms with Gasteiger partial charge in [0.15, 0.2) is 0 Å². The third-order valence-electron chi connectivity index (χ3n) is 5.74. The Balaban J connectivity index is 2.18. The van der Waals surface area contributed by atoms with E-state index in [4.69, 9.17) is 4.74 Å². The standard InChI is InChI=1S/C20H27F3N4O4S/c1-12-13(10-25-9-8-24(4)17(25)29)32-16-14(12)15(28)27(11-19(2,3)31-5)18(30)26(16)7-6-20(21,22)23/h6-11H2,1-5H3. The molecule has 1 saturated heterocycles. The minimum atomic E-state index is -4.46. The molecule has 0 aliphatic carbocycles. The maximum absolute atomic E-state index is 13.3. The van der Waals surface area contributed by atoms with Gasteiger partial charge in [0.05, 0.1) is 30.5 Å². The SMILES string of the molecule is COC(C)(C)Cn1c(=O)c2c(C)c(CN3CCN(C)C3=O)sc2n(CCC(F)(F)F)c1=O. The lowest BCUT2D eigenvalue weighted by Gasteiger charge is -2.24. The summed E-state index contributed by atoms with van der Waals surface area (Å²) in [4.78, 5) is 42.7. The number of thiophene rings is 1. The van der Waals surface area contributed by atoms with Gasteiger partial charge in [-0.3, -0.25) is 13.9 Å². The number of hydrogen-bond acceptors (Lipinski definition) is 5. The molecule has 3 rings (SSSR count). The van der Waals surface area contributed by atoms with Crippen LogP contribution in [0.5, 0.6) is 0 Å². The summed E-state index contributed by atoms with van der Waals surface area (Å²) < 4.78 is 46.2. The molecule has 2 amide bonds. The number of aromatic nitrogens is 2. The molecule has 0 unspecified atom stereocenters. The van der Waals surface area contributed by atoms with E-state index in [1.807, 2.05) is 0 Å². The fourth-order valence-electron chi connectivity index (χ4n) is 3.64. The second kappa shape index (κ2) is 8.54. The molecule has 2 aromatic rings.